The lowest BCUT2D eigenvalue weighted by Gasteiger charge is -2.09. The molecule has 0 spiro atoms. The van der Waals surface area contributed by atoms with E-state index >= 15 is 0 Å². The molecule has 1 unspecified atom stereocenters. The highest BCUT2D eigenvalue weighted by atomic mass is 32.2. The Morgan fingerprint density at radius 3 is 3.12 bits per heavy atom. The van der Waals surface area contributed by atoms with Gasteiger partial charge in [-0.2, -0.15) is 0 Å². The zero-order valence-corrected chi connectivity index (χ0v) is 11.3. The van der Waals surface area contributed by atoms with Crippen LogP contribution in [-0.2, 0) is 4.74 Å². The number of rotatable bonds is 5. The maximum atomic E-state index is 5.80. The largest absolute Gasteiger partial charge is 0.399 e. The minimum absolute atomic E-state index is 0.525. The summed E-state index contributed by atoms with van der Waals surface area (Å²) in [7, 11) is 0. The molecule has 1 aliphatic heterocycles. The number of thioether (sulfide) groups is 1. The highest BCUT2D eigenvalue weighted by molar-refractivity contribution is 7.99. The third-order valence-electron chi connectivity index (χ3n) is 3.16. The van der Waals surface area contributed by atoms with Crippen molar-refractivity contribution in [3.8, 4) is 0 Å². The predicted octanol–water partition coefficient (Wildman–Crippen LogP) is 3.63. The first-order chi connectivity index (χ1) is 8.25. The van der Waals surface area contributed by atoms with E-state index in [-0.39, 0.29) is 0 Å². The number of ether oxygens (including phenoxy) is 1. The van der Waals surface area contributed by atoms with Crippen LogP contribution in [0.4, 0.5) is 5.69 Å². The molecule has 94 valence electrons. The van der Waals surface area contributed by atoms with Gasteiger partial charge < -0.3 is 10.5 Å². The molecule has 2 N–H and O–H groups in total. The zero-order valence-electron chi connectivity index (χ0n) is 10.4. The second kappa shape index (κ2) is 6.31. The molecule has 1 aromatic carbocycles. The molecule has 17 heavy (non-hydrogen) atoms. The standard InChI is InChI=1S/C14H21NOS/c1-11-6-7-12(15)10-14(11)17-9-3-5-13-4-2-8-16-13/h6-7,10,13H,2-5,8-9,15H2,1H3. The first-order valence-corrected chi connectivity index (χ1v) is 7.35. The zero-order chi connectivity index (χ0) is 12.1. The average molecular weight is 251 g/mol. The molecular formula is C14H21NOS. The van der Waals surface area contributed by atoms with E-state index in [1.807, 2.05) is 17.8 Å². The fourth-order valence-electron chi connectivity index (χ4n) is 2.14. The van der Waals surface area contributed by atoms with Crippen LogP contribution in [0.1, 0.15) is 31.2 Å². The Bertz CT molecular complexity index is 361. The number of nitrogens with two attached hydrogens (primary N) is 1. The third kappa shape index (κ3) is 3.93. The first kappa shape index (κ1) is 12.8. The van der Waals surface area contributed by atoms with Crippen molar-refractivity contribution in [1.29, 1.82) is 0 Å². The Labute approximate surface area is 108 Å². The summed E-state index contributed by atoms with van der Waals surface area (Å²) in [5.74, 6) is 1.16. The van der Waals surface area contributed by atoms with Gasteiger partial charge in [0.25, 0.3) is 0 Å². The molecule has 0 radical (unpaired) electrons. The highest BCUT2D eigenvalue weighted by Gasteiger charge is 2.14. The van der Waals surface area contributed by atoms with Crippen LogP contribution in [-0.4, -0.2) is 18.5 Å². The summed E-state index contributed by atoms with van der Waals surface area (Å²) < 4.78 is 5.62. The SMILES string of the molecule is Cc1ccc(N)cc1SCCCC1CCCO1. The highest BCUT2D eigenvalue weighted by Crippen LogP contribution is 2.26. The van der Waals surface area contributed by atoms with Crippen LogP contribution in [0.5, 0.6) is 0 Å². The second-order valence-electron chi connectivity index (χ2n) is 4.65. The fourth-order valence-corrected chi connectivity index (χ4v) is 3.18. The lowest BCUT2D eigenvalue weighted by molar-refractivity contribution is 0.104. The van der Waals surface area contributed by atoms with Crippen molar-refractivity contribution in [2.45, 2.75) is 43.6 Å². The van der Waals surface area contributed by atoms with E-state index < -0.39 is 0 Å². The van der Waals surface area contributed by atoms with E-state index in [0.29, 0.717) is 6.10 Å². The lowest BCUT2D eigenvalue weighted by atomic mass is 10.1. The normalized spacial score (nSPS) is 19.7. The average Bonchev–Trinajstić information content (AvgIpc) is 2.82. The Morgan fingerprint density at radius 1 is 1.47 bits per heavy atom. The molecular weight excluding hydrogens is 230 g/mol. The van der Waals surface area contributed by atoms with Gasteiger partial charge in [-0.15, -0.1) is 11.8 Å². The molecule has 0 aliphatic carbocycles. The van der Waals surface area contributed by atoms with Crippen molar-refractivity contribution in [3.63, 3.8) is 0 Å². The molecule has 0 amide bonds. The molecule has 0 aromatic heterocycles. The van der Waals surface area contributed by atoms with Crippen molar-refractivity contribution >= 4 is 17.4 Å². The van der Waals surface area contributed by atoms with Crippen molar-refractivity contribution in [2.24, 2.45) is 0 Å². The molecule has 1 aromatic rings. The van der Waals surface area contributed by atoms with Crippen LogP contribution in [0.3, 0.4) is 0 Å². The number of nitrogen functional groups attached to an aromatic ring is 1. The van der Waals surface area contributed by atoms with E-state index in [1.54, 1.807) is 0 Å². The second-order valence-corrected chi connectivity index (χ2v) is 5.79. The summed E-state index contributed by atoms with van der Waals surface area (Å²) in [6.07, 6.45) is 5.45. The van der Waals surface area contributed by atoms with Crippen molar-refractivity contribution in [1.82, 2.24) is 0 Å². The Kier molecular flexibility index (Phi) is 4.75. The topological polar surface area (TPSA) is 35.2 Å². The molecule has 1 atom stereocenters. The van der Waals surface area contributed by atoms with E-state index in [0.717, 1.165) is 18.0 Å². The molecule has 1 saturated heterocycles. The van der Waals surface area contributed by atoms with Gasteiger partial charge in [0, 0.05) is 17.2 Å². The van der Waals surface area contributed by atoms with Crippen LogP contribution < -0.4 is 5.73 Å². The molecule has 1 aliphatic rings. The number of anilines is 1. The Hall–Kier alpha value is -0.670. The van der Waals surface area contributed by atoms with Crippen LogP contribution in [0, 0.1) is 6.92 Å². The van der Waals surface area contributed by atoms with Crippen molar-refractivity contribution in [2.75, 3.05) is 18.1 Å². The number of aryl methyl sites for hydroxylation is 1. The van der Waals surface area contributed by atoms with Gasteiger partial charge in [-0.25, -0.2) is 0 Å². The van der Waals surface area contributed by atoms with Gasteiger partial charge >= 0.3 is 0 Å². The van der Waals surface area contributed by atoms with E-state index in [2.05, 4.69) is 19.1 Å². The van der Waals surface area contributed by atoms with Gasteiger partial charge in [-0.05, 0) is 56.1 Å². The van der Waals surface area contributed by atoms with Crippen LogP contribution in [0.15, 0.2) is 23.1 Å². The summed E-state index contributed by atoms with van der Waals surface area (Å²) in [6, 6.07) is 6.13. The number of benzene rings is 1. The first-order valence-electron chi connectivity index (χ1n) is 6.36. The van der Waals surface area contributed by atoms with Crippen LogP contribution >= 0.6 is 11.8 Å². The smallest absolute Gasteiger partial charge is 0.0576 e. The maximum absolute atomic E-state index is 5.80. The van der Waals surface area contributed by atoms with Crippen LogP contribution in [0.2, 0.25) is 0 Å². The summed E-state index contributed by atoms with van der Waals surface area (Å²) in [6.45, 7) is 3.11. The molecule has 1 heterocycles. The van der Waals surface area contributed by atoms with E-state index in [9.17, 15) is 0 Å². The summed E-state index contributed by atoms with van der Waals surface area (Å²) >= 11 is 1.91. The van der Waals surface area contributed by atoms with Crippen molar-refractivity contribution in [3.05, 3.63) is 23.8 Å². The van der Waals surface area contributed by atoms with Gasteiger partial charge in [-0.1, -0.05) is 6.07 Å². The third-order valence-corrected chi connectivity index (χ3v) is 4.41. The summed E-state index contributed by atoms with van der Waals surface area (Å²) in [5, 5.41) is 0. The van der Waals surface area contributed by atoms with Gasteiger partial charge in [-0.3, -0.25) is 0 Å². The van der Waals surface area contributed by atoms with Crippen molar-refractivity contribution < 1.29 is 4.74 Å². The summed E-state index contributed by atoms with van der Waals surface area (Å²) in [5.41, 5.74) is 7.98. The van der Waals surface area contributed by atoms with Gasteiger partial charge in [0.1, 0.15) is 0 Å². The minimum Gasteiger partial charge on any atom is -0.399 e. The molecule has 3 heteroatoms. The van der Waals surface area contributed by atoms with E-state index in [1.165, 1.54) is 36.1 Å². The van der Waals surface area contributed by atoms with Gasteiger partial charge in [0.2, 0.25) is 0 Å². The molecule has 2 rings (SSSR count). The quantitative estimate of drug-likeness (QED) is 0.493. The lowest BCUT2D eigenvalue weighted by Crippen LogP contribution is -2.04. The Morgan fingerprint density at radius 2 is 2.35 bits per heavy atom. The fraction of sp³-hybridized carbons (Fsp3) is 0.571. The Balaban J connectivity index is 1.72. The van der Waals surface area contributed by atoms with Gasteiger partial charge in [0.15, 0.2) is 0 Å². The maximum Gasteiger partial charge on any atom is 0.0576 e. The summed E-state index contributed by atoms with van der Waals surface area (Å²) in [4.78, 5) is 1.32. The number of hydrogen-bond acceptors (Lipinski definition) is 3. The van der Waals surface area contributed by atoms with E-state index in [4.69, 9.17) is 10.5 Å². The molecule has 2 nitrogen and oxygen atoms in total. The number of hydrogen-bond donors (Lipinski definition) is 1. The van der Waals surface area contributed by atoms with Crippen LogP contribution in [0.25, 0.3) is 0 Å². The van der Waals surface area contributed by atoms with Gasteiger partial charge in [0.05, 0.1) is 6.10 Å². The molecule has 1 fully saturated rings. The molecule has 0 saturated carbocycles. The monoisotopic (exact) mass is 251 g/mol. The predicted molar refractivity (Wildman–Crippen MR) is 74.5 cm³/mol. The minimum atomic E-state index is 0.525. The molecule has 0 bridgehead atoms.